The molecule has 20 heavy (non-hydrogen) atoms. The standard InChI is InChI=1S/C13H14BNO4S/c1-13(2)7-17-14(19-13)9-4-3-5-10-8(9)6-11(20-10)18-12(15)16/h3-6H,7H2,1-2H3,(H2,15,16). The number of hydrogen-bond donors (Lipinski definition) is 1. The Kier molecular flexibility index (Phi) is 3.20. The van der Waals surface area contributed by atoms with Crippen molar-refractivity contribution in [1.82, 2.24) is 0 Å². The van der Waals surface area contributed by atoms with Crippen molar-refractivity contribution in [2.24, 2.45) is 5.73 Å². The zero-order chi connectivity index (χ0) is 14.3. The monoisotopic (exact) mass is 291 g/mol. The van der Waals surface area contributed by atoms with Crippen LogP contribution in [-0.4, -0.2) is 25.4 Å². The molecule has 0 atom stereocenters. The van der Waals surface area contributed by atoms with Gasteiger partial charge in [-0.25, -0.2) is 4.79 Å². The highest BCUT2D eigenvalue weighted by molar-refractivity contribution is 7.21. The van der Waals surface area contributed by atoms with E-state index in [2.05, 4.69) is 0 Å². The van der Waals surface area contributed by atoms with E-state index in [9.17, 15) is 4.79 Å². The van der Waals surface area contributed by atoms with Crippen LogP contribution in [0.5, 0.6) is 5.06 Å². The molecule has 0 bridgehead atoms. The van der Waals surface area contributed by atoms with Gasteiger partial charge in [0.25, 0.3) is 0 Å². The van der Waals surface area contributed by atoms with E-state index in [0.29, 0.717) is 11.7 Å². The molecule has 1 saturated heterocycles. The SMILES string of the molecule is CC1(C)COB(c2cccc3sc(OC(N)=O)cc23)O1. The van der Waals surface area contributed by atoms with Gasteiger partial charge in [0, 0.05) is 4.70 Å². The predicted molar refractivity (Wildman–Crippen MR) is 78.5 cm³/mol. The maximum Gasteiger partial charge on any atom is 0.495 e. The van der Waals surface area contributed by atoms with Crippen LogP contribution >= 0.6 is 11.3 Å². The van der Waals surface area contributed by atoms with Crippen molar-refractivity contribution >= 4 is 40.1 Å². The van der Waals surface area contributed by atoms with Gasteiger partial charge in [0.1, 0.15) is 0 Å². The first-order valence-electron chi connectivity index (χ1n) is 6.24. The minimum Gasteiger partial charge on any atom is -0.404 e. The third-order valence-electron chi connectivity index (χ3n) is 3.04. The summed E-state index contributed by atoms with van der Waals surface area (Å²) in [6, 6.07) is 7.63. The number of thiophene rings is 1. The Labute approximate surface area is 120 Å². The summed E-state index contributed by atoms with van der Waals surface area (Å²) < 4.78 is 17.5. The molecule has 1 aromatic carbocycles. The van der Waals surface area contributed by atoms with Crippen molar-refractivity contribution in [2.45, 2.75) is 19.4 Å². The van der Waals surface area contributed by atoms with Gasteiger partial charge in [0.05, 0.1) is 12.2 Å². The van der Waals surface area contributed by atoms with Crippen molar-refractivity contribution in [3.05, 3.63) is 24.3 Å². The number of fused-ring (bicyclic) bond motifs is 1. The normalized spacial score (nSPS) is 17.6. The quantitative estimate of drug-likeness (QED) is 0.858. The molecule has 2 N–H and O–H groups in total. The zero-order valence-corrected chi connectivity index (χ0v) is 12.0. The van der Waals surface area contributed by atoms with E-state index in [4.69, 9.17) is 19.8 Å². The van der Waals surface area contributed by atoms with Crippen LogP contribution in [0.15, 0.2) is 24.3 Å². The zero-order valence-electron chi connectivity index (χ0n) is 11.2. The van der Waals surface area contributed by atoms with E-state index in [-0.39, 0.29) is 5.60 Å². The summed E-state index contributed by atoms with van der Waals surface area (Å²) in [6.45, 7) is 4.52. The van der Waals surface area contributed by atoms with E-state index in [1.54, 1.807) is 6.07 Å². The number of hydrogen-bond acceptors (Lipinski definition) is 5. The van der Waals surface area contributed by atoms with Crippen LogP contribution in [-0.2, 0) is 9.31 Å². The maximum absolute atomic E-state index is 10.8. The second-order valence-corrected chi connectivity index (χ2v) is 6.31. The number of amides is 1. The fraction of sp³-hybridized carbons (Fsp3) is 0.308. The molecule has 1 aliphatic heterocycles. The van der Waals surface area contributed by atoms with Crippen LogP contribution in [0.25, 0.3) is 10.1 Å². The summed E-state index contributed by atoms with van der Waals surface area (Å²) in [5.74, 6) is 0. The van der Waals surface area contributed by atoms with Gasteiger partial charge in [-0.1, -0.05) is 23.5 Å². The largest absolute Gasteiger partial charge is 0.495 e. The first-order valence-corrected chi connectivity index (χ1v) is 7.05. The molecule has 0 unspecified atom stereocenters. The summed E-state index contributed by atoms with van der Waals surface area (Å²) in [5.41, 5.74) is 5.68. The Balaban J connectivity index is 1.99. The van der Waals surface area contributed by atoms with Crippen molar-refractivity contribution < 1.29 is 18.8 Å². The van der Waals surface area contributed by atoms with Gasteiger partial charge in [-0.2, -0.15) is 0 Å². The smallest absolute Gasteiger partial charge is 0.404 e. The second kappa shape index (κ2) is 4.77. The molecule has 7 heteroatoms. The summed E-state index contributed by atoms with van der Waals surface area (Å²) in [4.78, 5) is 10.8. The second-order valence-electron chi connectivity index (χ2n) is 5.27. The van der Waals surface area contributed by atoms with E-state index < -0.39 is 13.2 Å². The lowest BCUT2D eigenvalue weighted by atomic mass is 9.77. The summed E-state index contributed by atoms with van der Waals surface area (Å²) in [7, 11) is -0.398. The lowest BCUT2D eigenvalue weighted by molar-refractivity contribution is 0.137. The summed E-state index contributed by atoms with van der Waals surface area (Å²) in [6.07, 6.45) is -0.812. The lowest BCUT2D eigenvalue weighted by Crippen LogP contribution is -2.34. The van der Waals surface area contributed by atoms with Crippen LogP contribution in [0, 0.1) is 0 Å². The molecule has 1 aromatic heterocycles. The van der Waals surface area contributed by atoms with Gasteiger partial charge >= 0.3 is 13.2 Å². The van der Waals surface area contributed by atoms with Crippen LogP contribution in [0.1, 0.15) is 13.8 Å². The minimum atomic E-state index is -0.812. The van der Waals surface area contributed by atoms with Gasteiger partial charge in [-0.15, -0.1) is 0 Å². The summed E-state index contributed by atoms with van der Waals surface area (Å²) >= 11 is 1.36. The average molecular weight is 291 g/mol. The Hall–Kier alpha value is -1.57. The third-order valence-corrected chi connectivity index (χ3v) is 4.01. The van der Waals surface area contributed by atoms with Gasteiger partial charge < -0.3 is 19.8 Å². The molecule has 3 rings (SSSR count). The van der Waals surface area contributed by atoms with Crippen molar-refractivity contribution in [3.8, 4) is 5.06 Å². The molecule has 1 aliphatic rings. The Morgan fingerprint density at radius 1 is 1.50 bits per heavy atom. The third kappa shape index (κ3) is 2.52. The molecule has 0 radical (unpaired) electrons. The average Bonchev–Trinajstić information content (AvgIpc) is 2.90. The first kappa shape index (κ1) is 13.4. The van der Waals surface area contributed by atoms with Gasteiger partial charge in [0.2, 0.25) is 0 Å². The predicted octanol–water partition coefficient (Wildman–Crippen LogP) is 1.88. The van der Waals surface area contributed by atoms with E-state index >= 15 is 0 Å². The van der Waals surface area contributed by atoms with Crippen LogP contribution in [0.4, 0.5) is 4.79 Å². The molecule has 5 nitrogen and oxygen atoms in total. The molecule has 0 saturated carbocycles. The fourth-order valence-corrected chi connectivity index (χ4v) is 3.15. The van der Waals surface area contributed by atoms with Crippen molar-refractivity contribution in [3.63, 3.8) is 0 Å². The van der Waals surface area contributed by atoms with Gasteiger partial charge in [0.15, 0.2) is 5.06 Å². The van der Waals surface area contributed by atoms with Crippen LogP contribution in [0.2, 0.25) is 0 Å². The molecule has 0 aliphatic carbocycles. The number of rotatable bonds is 2. The van der Waals surface area contributed by atoms with Crippen LogP contribution < -0.4 is 15.9 Å². The lowest BCUT2D eigenvalue weighted by Gasteiger charge is -2.15. The van der Waals surface area contributed by atoms with Gasteiger partial charge in [-0.3, -0.25) is 0 Å². The number of ether oxygens (including phenoxy) is 1. The number of carbonyl (C=O) groups is 1. The molecular formula is C13H14BNO4S. The number of benzene rings is 1. The number of primary amides is 1. The van der Waals surface area contributed by atoms with Gasteiger partial charge in [-0.05, 0) is 36.8 Å². The summed E-state index contributed by atoms with van der Waals surface area (Å²) in [5, 5.41) is 1.42. The molecule has 1 amide bonds. The molecular weight excluding hydrogens is 277 g/mol. The van der Waals surface area contributed by atoms with E-state index in [0.717, 1.165) is 15.5 Å². The molecule has 0 spiro atoms. The maximum atomic E-state index is 10.8. The first-order chi connectivity index (χ1) is 9.44. The number of carbonyl (C=O) groups excluding carboxylic acids is 1. The molecule has 2 aromatic rings. The number of nitrogens with two attached hydrogens (primary N) is 1. The highest BCUT2D eigenvalue weighted by atomic mass is 32.1. The van der Waals surface area contributed by atoms with E-state index in [1.807, 2.05) is 32.0 Å². The van der Waals surface area contributed by atoms with Crippen molar-refractivity contribution in [1.29, 1.82) is 0 Å². The van der Waals surface area contributed by atoms with Crippen molar-refractivity contribution in [2.75, 3.05) is 6.61 Å². The Morgan fingerprint density at radius 2 is 2.30 bits per heavy atom. The molecule has 1 fully saturated rings. The fourth-order valence-electron chi connectivity index (χ4n) is 2.20. The highest BCUT2D eigenvalue weighted by Crippen LogP contribution is 2.32. The molecule has 104 valence electrons. The minimum absolute atomic E-state index is 0.296. The Morgan fingerprint density at radius 3 is 2.95 bits per heavy atom. The van der Waals surface area contributed by atoms with Crippen LogP contribution in [0.3, 0.4) is 0 Å². The molecule has 2 heterocycles. The van der Waals surface area contributed by atoms with E-state index in [1.165, 1.54) is 11.3 Å². The Bertz CT molecular complexity index is 669. The highest BCUT2D eigenvalue weighted by Gasteiger charge is 2.39. The topological polar surface area (TPSA) is 70.8 Å².